The molecular weight excluding hydrogens is 204 g/mol. The summed E-state index contributed by atoms with van der Waals surface area (Å²) in [5.41, 5.74) is 6.13. The van der Waals surface area contributed by atoms with E-state index in [1.807, 2.05) is 0 Å². The molecule has 0 amide bonds. The maximum absolute atomic E-state index is 6.13. The van der Waals surface area contributed by atoms with E-state index in [2.05, 4.69) is 30.5 Å². The van der Waals surface area contributed by atoms with Crippen molar-refractivity contribution < 1.29 is 0 Å². The van der Waals surface area contributed by atoms with Crippen molar-refractivity contribution in [1.29, 1.82) is 0 Å². The number of nitrogens with zero attached hydrogens (tertiary/aromatic N) is 1. The fraction of sp³-hybridized carbons (Fsp3) is 1.00. The summed E-state index contributed by atoms with van der Waals surface area (Å²) in [4.78, 5) is 2.60. The molecule has 0 spiro atoms. The van der Waals surface area contributed by atoms with Gasteiger partial charge in [-0.1, -0.05) is 0 Å². The summed E-state index contributed by atoms with van der Waals surface area (Å²) in [6.45, 7) is 8.40. The summed E-state index contributed by atoms with van der Waals surface area (Å²) in [5, 5.41) is 0. The van der Waals surface area contributed by atoms with Crippen LogP contribution in [0.25, 0.3) is 0 Å². The second-order valence-electron chi connectivity index (χ2n) is 5.67. The van der Waals surface area contributed by atoms with Crippen LogP contribution in [0.15, 0.2) is 0 Å². The third-order valence-electron chi connectivity index (χ3n) is 3.51. The van der Waals surface area contributed by atoms with E-state index in [0.717, 1.165) is 5.92 Å². The van der Waals surface area contributed by atoms with E-state index >= 15 is 0 Å². The maximum atomic E-state index is 6.13. The molecule has 0 radical (unpaired) electrons. The Hall–Kier alpha value is 0.270. The molecule has 1 saturated heterocycles. The summed E-state index contributed by atoms with van der Waals surface area (Å²) in [6.07, 6.45) is 3.95. The Balaban J connectivity index is 1.69. The summed E-state index contributed by atoms with van der Waals surface area (Å²) in [5.74, 6) is 2.14. The molecule has 2 fully saturated rings. The van der Waals surface area contributed by atoms with Crippen LogP contribution in [0.5, 0.6) is 0 Å². The number of hydrogen-bond acceptors (Lipinski definition) is 3. The highest BCUT2D eigenvalue weighted by atomic mass is 32.2. The van der Waals surface area contributed by atoms with Crippen molar-refractivity contribution in [2.45, 2.75) is 43.9 Å². The molecule has 2 N–H and O–H groups in total. The van der Waals surface area contributed by atoms with Gasteiger partial charge in [0.05, 0.1) is 0 Å². The zero-order valence-electron chi connectivity index (χ0n) is 10.0. The molecule has 15 heavy (non-hydrogen) atoms. The van der Waals surface area contributed by atoms with Gasteiger partial charge in [0.2, 0.25) is 0 Å². The molecule has 0 aromatic rings. The number of rotatable bonds is 4. The highest BCUT2D eigenvalue weighted by molar-refractivity contribution is 8.00. The van der Waals surface area contributed by atoms with E-state index in [-0.39, 0.29) is 0 Å². The monoisotopic (exact) mass is 228 g/mol. The Morgan fingerprint density at radius 2 is 2.20 bits per heavy atom. The van der Waals surface area contributed by atoms with Gasteiger partial charge in [0.15, 0.2) is 0 Å². The Morgan fingerprint density at radius 1 is 1.47 bits per heavy atom. The number of thioether (sulfide) groups is 1. The Morgan fingerprint density at radius 3 is 2.80 bits per heavy atom. The van der Waals surface area contributed by atoms with Crippen LogP contribution in [0.2, 0.25) is 0 Å². The lowest BCUT2D eigenvalue weighted by molar-refractivity contribution is 0.248. The average molecular weight is 228 g/mol. The van der Waals surface area contributed by atoms with Crippen molar-refractivity contribution in [2.75, 3.05) is 25.4 Å². The molecular formula is C12H24N2S. The molecule has 2 aliphatic rings. The van der Waals surface area contributed by atoms with E-state index in [1.165, 1.54) is 44.6 Å². The lowest BCUT2D eigenvalue weighted by Gasteiger charge is -2.37. The predicted molar refractivity (Wildman–Crippen MR) is 68.3 cm³/mol. The van der Waals surface area contributed by atoms with Crippen LogP contribution in [0.4, 0.5) is 0 Å². The van der Waals surface area contributed by atoms with Crippen LogP contribution >= 0.6 is 11.8 Å². The minimum Gasteiger partial charge on any atom is -0.327 e. The maximum Gasteiger partial charge on any atom is 0.0231 e. The summed E-state index contributed by atoms with van der Waals surface area (Å²) >= 11 is 2.10. The van der Waals surface area contributed by atoms with Crippen LogP contribution in [-0.4, -0.2) is 41.1 Å². The first-order chi connectivity index (χ1) is 7.07. The second kappa shape index (κ2) is 4.64. The van der Waals surface area contributed by atoms with E-state index < -0.39 is 0 Å². The van der Waals surface area contributed by atoms with Gasteiger partial charge in [-0.2, -0.15) is 11.8 Å². The molecule has 2 nitrogen and oxygen atoms in total. The minimum absolute atomic E-state index is 0.446. The SMILES string of the molecule is CC1(C)CN(CCC(N)C2CC2)CCS1. The van der Waals surface area contributed by atoms with Crippen LogP contribution in [0.1, 0.15) is 33.1 Å². The Bertz CT molecular complexity index is 214. The zero-order chi connectivity index (χ0) is 10.9. The third kappa shape index (κ3) is 3.65. The smallest absolute Gasteiger partial charge is 0.0231 e. The summed E-state index contributed by atoms with van der Waals surface area (Å²) in [6, 6.07) is 0.475. The second-order valence-corrected chi connectivity index (χ2v) is 7.48. The molecule has 1 heterocycles. The fourth-order valence-electron chi connectivity index (χ4n) is 2.40. The lowest BCUT2D eigenvalue weighted by atomic mass is 10.1. The summed E-state index contributed by atoms with van der Waals surface area (Å²) in [7, 11) is 0. The first-order valence-electron chi connectivity index (χ1n) is 6.19. The van der Waals surface area contributed by atoms with E-state index in [1.54, 1.807) is 0 Å². The van der Waals surface area contributed by atoms with Crippen molar-refractivity contribution in [3.63, 3.8) is 0 Å². The Labute approximate surface area is 98.0 Å². The van der Waals surface area contributed by atoms with Gasteiger partial charge in [-0.05, 0) is 45.6 Å². The van der Waals surface area contributed by atoms with Gasteiger partial charge in [-0.25, -0.2) is 0 Å². The predicted octanol–water partition coefficient (Wildman–Crippen LogP) is 1.94. The molecule has 1 aliphatic carbocycles. The molecule has 0 bridgehead atoms. The average Bonchev–Trinajstić information content (AvgIpc) is 2.95. The fourth-order valence-corrected chi connectivity index (χ4v) is 3.57. The molecule has 0 aromatic heterocycles. The van der Waals surface area contributed by atoms with Crippen molar-refractivity contribution in [2.24, 2.45) is 11.7 Å². The van der Waals surface area contributed by atoms with Crippen LogP contribution < -0.4 is 5.73 Å². The van der Waals surface area contributed by atoms with Gasteiger partial charge >= 0.3 is 0 Å². The van der Waals surface area contributed by atoms with Gasteiger partial charge in [-0.3, -0.25) is 0 Å². The van der Waals surface area contributed by atoms with E-state index in [0.29, 0.717) is 10.8 Å². The minimum atomic E-state index is 0.446. The van der Waals surface area contributed by atoms with E-state index in [4.69, 9.17) is 5.73 Å². The van der Waals surface area contributed by atoms with Crippen LogP contribution in [0.3, 0.4) is 0 Å². The van der Waals surface area contributed by atoms with Gasteiger partial charge in [0.1, 0.15) is 0 Å². The summed E-state index contributed by atoms with van der Waals surface area (Å²) < 4.78 is 0.446. The Kier molecular flexibility index (Phi) is 3.63. The molecule has 2 rings (SSSR count). The topological polar surface area (TPSA) is 29.3 Å². The number of hydrogen-bond donors (Lipinski definition) is 1. The first-order valence-corrected chi connectivity index (χ1v) is 7.17. The van der Waals surface area contributed by atoms with Crippen LogP contribution in [-0.2, 0) is 0 Å². The molecule has 1 aliphatic heterocycles. The molecule has 1 saturated carbocycles. The molecule has 0 aromatic carbocycles. The zero-order valence-corrected chi connectivity index (χ0v) is 10.9. The van der Waals surface area contributed by atoms with E-state index in [9.17, 15) is 0 Å². The lowest BCUT2D eigenvalue weighted by Crippen LogP contribution is -2.44. The van der Waals surface area contributed by atoms with Gasteiger partial charge in [0, 0.05) is 29.6 Å². The highest BCUT2D eigenvalue weighted by Gasteiger charge is 2.30. The molecule has 1 atom stereocenters. The van der Waals surface area contributed by atoms with Crippen molar-refractivity contribution in [3.8, 4) is 0 Å². The normalized spacial score (nSPS) is 29.0. The van der Waals surface area contributed by atoms with Gasteiger partial charge in [-0.15, -0.1) is 0 Å². The van der Waals surface area contributed by atoms with Gasteiger partial charge < -0.3 is 10.6 Å². The third-order valence-corrected chi connectivity index (χ3v) is 4.81. The van der Waals surface area contributed by atoms with Gasteiger partial charge in [0.25, 0.3) is 0 Å². The van der Waals surface area contributed by atoms with Crippen molar-refractivity contribution in [1.82, 2.24) is 4.90 Å². The van der Waals surface area contributed by atoms with Crippen molar-refractivity contribution in [3.05, 3.63) is 0 Å². The quantitative estimate of drug-likeness (QED) is 0.797. The number of nitrogens with two attached hydrogens (primary N) is 1. The first kappa shape index (κ1) is 11.7. The molecule has 3 heteroatoms. The highest BCUT2D eigenvalue weighted by Crippen LogP contribution is 2.33. The van der Waals surface area contributed by atoms with Crippen molar-refractivity contribution >= 4 is 11.8 Å². The molecule has 1 unspecified atom stereocenters. The van der Waals surface area contributed by atoms with Crippen LogP contribution in [0, 0.1) is 5.92 Å². The largest absolute Gasteiger partial charge is 0.327 e. The molecule has 88 valence electrons. The standard InChI is InChI=1S/C12H24N2S/c1-12(2)9-14(7-8-15-12)6-5-11(13)10-3-4-10/h10-11H,3-9,13H2,1-2H3.